The summed E-state index contributed by atoms with van der Waals surface area (Å²) in [6, 6.07) is 2.08. The average Bonchev–Trinajstić information content (AvgIpc) is 3.08. The van der Waals surface area contributed by atoms with Crippen LogP contribution in [-0.2, 0) is 16.6 Å². The number of hydrogen-bond acceptors (Lipinski definition) is 7. The van der Waals surface area contributed by atoms with Gasteiger partial charge in [-0.1, -0.05) is 13.8 Å². The van der Waals surface area contributed by atoms with E-state index in [-0.39, 0.29) is 17.9 Å². The molecule has 0 radical (unpaired) electrons. The van der Waals surface area contributed by atoms with Crippen molar-refractivity contribution in [2.45, 2.75) is 38.6 Å². The number of pyridine rings is 1. The number of sulfonamides is 1. The lowest BCUT2D eigenvalue weighted by Crippen LogP contribution is -2.34. The maximum atomic E-state index is 12.7. The summed E-state index contributed by atoms with van der Waals surface area (Å²) >= 11 is 5.01. The topological polar surface area (TPSA) is 99.0 Å². The number of anilines is 1. The molecular weight excluding hydrogens is 450 g/mol. The second-order valence-corrected chi connectivity index (χ2v) is 10.3. The fourth-order valence-corrected chi connectivity index (χ4v) is 5.10. The zero-order chi connectivity index (χ0) is 20.2. The highest BCUT2D eigenvalue weighted by Gasteiger charge is 2.25. The standard InChI is InChI=1S/C17H22BrN5O2S2/c1-12-14(27(24,25)22-10-17(2,3)5-6-19)7-20-16(15(12)18)23(4)8-13-9-26-11-21-13/h7,9,11,22H,5,8,10H2,1-4H3. The molecule has 2 aromatic heterocycles. The van der Waals surface area contributed by atoms with Gasteiger partial charge in [-0.3, -0.25) is 0 Å². The van der Waals surface area contributed by atoms with Crippen LogP contribution < -0.4 is 9.62 Å². The largest absolute Gasteiger partial charge is 0.353 e. The fraction of sp³-hybridized carbons (Fsp3) is 0.471. The van der Waals surface area contributed by atoms with Crippen molar-refractivity contribution in [3.63, 3.8) is 0 Å². The summed E-state index contributed by atoms with van der Waals surface area (Å²) < 4.78 is 28.6. The number of nitrogens with one attached hydrogen (secondary N) is 1. The quantitative estimate of drug-likeness (QED) is 0.632. The summed E-state index contributed by atoms with van der Waals surface area (Å²) in [7, 11) is -1.86. The number of rotatable bonds is 8. The molecule has 0 atom stereocenters. The minimum absolute atomic E-state index is 0.118. The van der Waals surface area contributed by atoms with Gasteiger partial charge in [-0.05, 0) is 33.8 Å². The minimum Gasteiger partial charge on any atom is -0.353 e. The second-order valence-electron chi connectivity index (χ2n) is 7.04. The molecule has 2 heterocycles. The van der Waals surface area contributed by atoms with Crippen LogP contribution in [0.15, 0.2) is 26.5 Å². The summed E-state index contributed by atoms with van der Waals surface area (Å²) in [6.45, 7) is 6.17. The van der Waals surface area contributed by atoms with Crippen LogP contribution in [0.1, 0.15) is 31.5 Å². The lowest BCUT2D eigenvalue weighted by molar-refractivity contribution is 0.372. The summed E-state index contributed by atoms with van der Waals surface area (Å²) in [5.41, 5.74) is 2.82. The van der Waals surface area contributed by atoms with E-state index in [2.05, 4.69) is 36.7 Å². The van der Waals surface area contributed by atoms with Crippen LogP contribution >= 0.6 is 27.3 Å². The van der Waals surface area contributed by atoms with E-state index in [1.165, 1.54) is 17.5 Å². The third-order valence-corrected chi connectivity index (χ3v) is 7.13. The van der Waals surface area contributed by atoms with Gasteiger partial charge in [0, 0.05) is 31.6 Å². The predicted molar refractivity (Wildman–Crippen MR) is 110 cm³/mol. The first-order chi connectivity index (χ1) is 12.6. The summed E-state index contributed by atoms with van der Waals surface area (Å²) in [4.78, 5) is 10.6. The van der Waals surface area contributed by atoms with Crippen molar-refractivity contribution in [1.82, 2.24) is 14.7 Å². The van der Waals surface area contributed by atoms with Crippen LogP contribution in [0, 0.1) is 23.7 Å². The Hall–Kier alpha value is -1.54. The van der Waals surface area contributed by atoms with Crippen molar-refractivity contribution < 1.29 is 8.42 Å². The van der Waals surface area contributed by atoms with Crippen molar-refractivity contribution in [2.24, 2.45) is 5.41 Å². The van der Waals surface area contributed by atoms with Gasteiger partial charge in [-0.15, -0.1) is 11.3 Å². The van der Waals surface area contributed by atoms with Crippen molar-refractivity contribution in [3.8, 4) is 6.07 Å². The third kappa shape index (κ3) is 5.48. The van der Waals surface area contributed by atoms with Gasteiger partial charge in [0.2, 0.25) is 10.0 Å². The van der Waals surface area contributed by atoms with Crippen LogP contribution in [0.4, 0.5) is 5.82 Å². The van der Waals surface area contributed by atoms with Gasteiger partial charge >= 0.3 is 0 Å². The second kappa shape index (κ2) is 8.65. The number of thiazole rings is 1. The molecule has 1 N–H and O–H groups in total. The Balaban J connectivity index is 2.24. The highest BCUT2D eigenvalue weighted by atomic mass is 79.9. The van der Waals surface area contributed by atoms with Crippen LogP contribution in [0.3, 0.4) is 0 Å². The lowest BCUT2D eigenvalue weighted by atomic mass is 9.91. The summed E-state index contributed by atoms with van der Waals surface area (Å²) in [5, 5.41) is 10.8. The van der Waals surface area contributed by atoms with Gasteiger partial charge in [-0.2, -0.15) is 5.26 Å². The first kappa shape index (κ1) is 21.8. The van der Waals surface area contributed by atoms with Gasteiger partial charge in [0.1, 0.15) is 10.7 Å². The molecule has 7 nitrogen and oxygen atoms in total. The molecule has 10 heteroatoms. The normalized spacial score (nSPS) is 12.0. The molecular formula is C17H22BrN5O2S2. The molecule has 0 saturated heterocycles. The Kier molecular flexibility index (Phi) is 6.97. The molecule has 0 aliphatic carbocycles. The van der Waals surface area contributed by atoms with E-state index in [9.17, 15) is 8.42 Å². The van der Waals surface area contributed by atoms with Gasteiger partial charge in [0.15, 0.2) is 0 Å². The van der Waals surface area contributed by atoms with Crippen molar-refractivity contribution >= 4 is 43.1 Å². The Morgan fingerprint density at radius 3 is 2.70 bits per heavy atom. The minimum atomic E-state index is -3.74. The van der Waals surface area contributed by atoms with E-state index in [1.807, 2.05) is 31.2 Å². The van der Waals surface area contributed by atoms with Crippen molar-refractivity contribution in [3.05, 3.63) is 32.8 Å². The Bertz CT molecular complexity index is 937. The molecule has 0 aliphatic heterocycles. The van der Waals surface area contributed by atoms with Gasteiger partial charge < -0.3 is 4.90 Å². The first-order valence-corrected chi connectivity index (χ1v) is 11.4. The van der Waals surface area contributed by atoms with Crippen LogP contribution in [0.25, 0.3) is 0 Å². The highest BCUT2D eigenvalue weighted by Crippen LogP contribution is 2.31. The molecule has 0 unspecified atom stereocenters. The SMILES string of the molecule is Cc1c(S(=O)(=O)NCC(C)(C)CC#N)cnc(N(C)Cc2cscn2)c1Br. The number of nitrogens with zero attached hydrogens (tertiary/aromatic N) is 4. The molecule has 2 rings (SSSR count). The van der Waals surface area contributed by atoms with E-state index >= 15 is 0 Å². The van der Waals surface area contributed by atoms with Gasteiger partial charge in [0.25, 0.3) is 0 Å². The van der Waals surface area contributed by atoms with Crippen molar-refractivity contribution in [1.29, 1.82) is 5.26 Å². The molecule has 0 bridgehead atoms. The molecule has 0 amide bonds. The Morgan fingerprint density at radius 2 is 2.11 bits per heavy atom. The fourth-order valence-electron chi connectivity index (χ4n) is 2.36. The number of aromatic nitrogens is 2. The van der Waals surface area contributed by atoms with Gasteiger partial charge in [0.05, 0.1) is 28.3 Å². The molecule has 0 saturated carbocycles. The summed E-state index contributed by atoms with van der Waals surface area (Å²) in [5.74, 6) is 0.643. The monoisotopic (exact) mass is 471 g/mol. The molecule has 0 aliphatic rings. The number of halogens is 1. The highest BCUT2D eigenvalue weighted by molar-refractivity contribution is 9.10. The zero-order valence-electron chi connectivity index (χ0n) is 15.7. The van der Waals surface area contributed by atoms with E-state index in [0.29, 0.717) is 22.4 Å². The Labute approximate surface area is 172 Å². The molecule has 0 spiro atoms. The number of hydrogen-bond donors (Lipinski definition) is 1. The Morgan fingerprint density at radius 1 is 1.41 bits per heavy atom. The smallest absolute Gasteiger partial charge is 0.242 e. The number of nitriles is 1. The summed E-state index contributed by atoms with van der Waals surface area (Å²) in [6.07, 6.45) is 1.63. The third-order valence-electron chi connectivity index (χ3n) is 4.03. The average molecular weight is 472 g/mol. The predicted octanol–water partition coefficient (Wildman–Crippen LogP) is 3.46. The first-order valence-electron chi connectivity index (χ1n) is 8.17. The molecule has 0 fully saturated rings. The van der Waals surface area contributed by atoms with Crippen LogP contribution in [0.5, 0.6) is 0 Å². The molecule has 2 aromatic rings. The molecule has 0 aromatic carbocycles. The zero-order valence-corrected chi connectivity index (χ0v) is 18.9. The van der Waals surface area contributed by atoms with Gasteiger partial charge in [-0.25, -0.2) is 23.1 Å². The van der Waals surface area contributed by atoms with Crippen LogP contribution in [0.2, 0.25) is 0 Å². The maximum absolute atomic E-state index is 12.7. The van der Waals surface area contributed by atoms with E-state index in [0.717, 1.165) is 5.69 Å². The van der Waals surface area contributed by atoms with Crippen molar-refractivity contribution in [2.75, 3.05) is 18.5 Å². The van der Waals surface area contributed by atoms with Crippen LogP contribution in [-0.4, -0.2) is 32.0 Å². The lowest BCUT2D eigenvalue weighted by Gasteiger charge is -2.23. The molecule has 146 valence electrons. The van der Waals surface area contributed by atoms with E-state index < -0.39 is 15.4 Å². The molecule has 27 heavy (non-hydrogen) atoms. The maximum Gasteiger partial charge on any atom is 0.242 e. The van der Waals surface area contributed by atoms with E-state index in [4.69, 9.17) is 5.26 Å². The van der Waals surface area contributed by atoms with E-state index in [1.54, 1.807) is 12.4 Å².